The van der Waals surface area contributed by atoms with Crippen molar-refractivity contribution >= 4 is 50.7 Å². The van der Waals surface area contributed by atoms with Crippen LogP contribution in [0.25, 0.3) is 0 Å². The number of hydrogen-bond donors (Lipinski definition) is 1. The number of halogens is 3. The average molecular weight is 611 g/mol. The second-order valence-electron chi connectivity index (χ2n) is 8.74. The van der Waals surface area contributed by atoms with Gasteiger partial charge in [-0.25, -0.2) is 12.8 Å². The number of amides is 2. The number of ether oxygens (including phenoxy) is 1. The number of hydrogen-bond acceptors (Lipinski definition) is 5. The fourth-order valence-corrected chi connectivity index (χ4v) is 5.94. The number of rotatable bonds is 12. The summed E-state index contributed by atoms with van der Waals surface area (Å²) in [5.74, 6) is -1.18. The quantitative estimate of drug-likeness (QED) is 0.301. The summed E-state index contributed by atoms with van der Waals surface area (Å²) in [5.41, 5.74) is 0.592. The summed E-state index contributed by atoms with van der Waals surface area (Å²) < 4.78 is 47.4. The highest BCUT2D eigenvalue weighted by molar-refractivity contribution is 7.92. The predicted octanol–water partition coefficient (Wildman–Crippen LogP) is 5.28. The molecule has 0 aliphatic heterocycles. The molecular weight excluding hydrogens is 580 g/mol. The standard InChI is InChI=1S/C28H30Cl2FN3O5S/c1-4-26(28(36)32-5-2)33(17-19-6-7-20(29)16-25(19)30)27(35)18-34(22-10-8-21(31)9-11-22)40(37,38)24-14-12-23(39-3)13-15-24/h6-16,26H,4-5,17-18H2,1-3H3,(H,32,36). The lowest BCUT2D eigenvalue weighted by Gasteiger charge is -2.33. The van der Waals surface area contributed by atoms with E-state index in [-0.39, 0.29) is 28.6 Å². The van der Waals surface area contributed by atoms with Gasteiger partial charge in [-0.15, -0.1) is 0 Å². The normalized spacial score (nSPS) is 11.9. The minimum atomic E-state index is -4.31. The van der Waals surface area contributed by atoms with Crippen LogP contribution in [0.1, 0.15) is 25.8 Å². The summed E-state index contributed by atoms with van der Waals surface area (Å²) >= 11 is 12.4. The molecule has 2 amide bonds. The number of anilines is 1. The van der Waals surface area contributed by atoms with Gasteiger partial charge in [-0.1, -0.05) is 36.2 Å². The van der Waals surface area contributed by atoms with E-state index in [1.165, 1.54) is 54.5 Å². The molecule has 0 aromatic heterocycles. The Kier molecular flexibility index (Phi) is 10.8. The van der Waals surface area contributed by atoms with Crippen molar-refractivity contribution in [3.8, 4) is 5.75 Å². The largest absolute Gasteiger partial charge is 0.497 e. The molecule has 3 rings (SSSR count). The molecule has 1 unspecified atom stereocenters. The second-order valence-corrected chi connectivity index (χ2v) is 11.4. The molecule has 0 fully saturated rings. The van der Waals surface area contributed by atoms with Crippen LogP contribution in [0.5, 0.6) is 5.75 Å². The van der Waals surface area contributed by atoms with Gasteiger partial charge in [-0.3, -0.25) is 13.9 Å². The van der Waals surface area contributed by atoms with Gasteiger partial charge in [0.15, 0.2) is 0 Å². The Hall–Kier alpha value is -3.34. The molecule has 0 spiro atoms. The van der Waals surface area contributed by atoms with Crippen LogP contribution in [0.15, 0.2) is 71.6 Å². The molecule has 8 nitrogen and oxygen atoms in total. The maximum atomic E-state index is 13.9. The zero-order valence-corrected chi connectivity index (χ0v) is 24.6. The van der Waals surface area contributed by atoms with Crippen molar-refractivity contribution in [2.45, 2.75) is 37.8 Å². The molecule has 1 atom stereocenters. The smallest absolute Gasteiger partial charge is 0.264 e. The van der Waals surface area contributed by atoms with Crippen molar-refractivity contribution in [3.63, 3.8) is 0 Å². The average Bonchev–Trinajstić information content (AvgIpc) is 2.93. The van der Waals surface area contributed by atoms with E-state index in [1.54, 1.807) is 26.0 Å². The number of carbonyl (C=O) groups is 2. The molecule has 0 aliphatic rings. The lowest BCUT2D eigenvalue weighted by Crippen LogP contribution is -2.52. The Morgan fingerprint density at radius 3 is 2.20 bits per heavy atom. The van der Waals surface area contributed by atoms with Crippen molar-refractivity contribution in [3.05, 3.63) is 88.2 Å². The first-order valence-corrected chi connectivity index (χ1v) is 14.6. The third-order valence-corrected chi connectivity index (χ3v) is 8.51. The molecule has 0 saturated heterocycles. The number of carbonyl (C=O) groups excluding carboxylic acids is 2. The van der Waals surface area contributed by atoms with Crippen LogP contribution >= 0.6 is 23.2 Å². The van der Waals surface area contributed by atoms with Crippen LogP contribution < -0.4 is 14.4 Å². The summed E-state index contributed by atoms with van der Waals surface area (Å²) in [6.07, 6.45) is 0.255. The molecule has 12 heteroatoms. The van der Waals surface area contributed by atoms with Gasteiger partial charge in [0.25, 0.3) is 10.0 Å². The summed E-state index contributed by atoms with van der Waals surface area (Å²) in [5, 5.41) is 3.41. The van der Waals surface area contributed by atoms with E-state index in [1.807, 2.05) is 0 Å². The summed E-state index contributed by atoms with van der Waals surface area (Å²) in [7, 11) is -2.85. The molecule has 0 radical (unpaired) electrons. The highest BCUT2D eigenvalue weighted by Crippen LogP contribution is 2.28. The first-order chi connectivity index (χ1) is 19.0. The number of sulfonamides is 1. The lowest BCUT2D eigenvalue weighted by molar-refractivity contribution is -0.140. The second kappa shape index (κ2) is 13.8. The fourth-order valence-electron chi connectivity index (χ4n) is 4.06. The van der Waals surface area contributed by atoms with E-state index >= 15 is 0 Å². The van der Waals surface area contributed by atoms with Crippen molar-refractivity contribution in [2.75, 3.05) is 24.5 Å². The van der Waals surface area contributed by atoms with E-state index < -0.39 is 40.2 Å². The van der Waals surface area contributed by atoms with Gasteiger partial charge in [-0.05, 0) is 79.6 Å². The van der Waals surface area contributed by atoms with Crippen molar-refractivity contribution in [1.82, 2.24) is 10.2 Å². The molecule has 40 heavy (non-hydrogen) atoms. The Morgan fingerprint density at radius 1 is 1.00 bits per heavy atom. The summed E-state index contributed by atoms with van der Waals surface area (Å²) in [4.78, 5) is 28.1. The number of nitrogens with one attached hydrogen (secondary N) is 1. The first kappa shape index (κ1) is 31.2. The third-order valence-electron chi connectivity index (χ3n) is 6.13. The Labute approximate surface area is 243 Å². The molecule has 0 heterocycles. The highest BCUT2D eigenvalue weighted by Gasteiger charge is 2.34. The molecule has 0 bridgehead atoms. The minimum absolute atomic E-state index is 0.0705. The van der Waals surface area contributed by atoms with Crippen LogP contribution in [0.2, 0.25) is 10.0 Å². The number of benzene rings is 3. The maximum absolute atomic E-state index is 13.9. The monoisotopic (exact) mass is 609 g/mol. The number of nitrogens with zero attached hydrogens (tertiary/aromatic N) is 2. The third kappa shape index (κ3) is 7.44. The fraction of sp³-hybridized carbons (Fsp3) is 0.286. The van der Waals surface area contributed by atoms with Gasteiger partial charge in [0.2, 0.25) is 11.8 Å². The molecule has 3 aromatic rings. The zero-order chi connectivity index (χ0) is 29.4. The molecule has 3 aromatic carbocycles. The molecule has 1 N–H and O–H groups in total. The first-order valence-electron chi connectivity index (χ1n) is 12.4. The summed E-state index contributed by atoms with van der Waals surface area (Å²) in [6, 6.07) is 14.3. The van der Waals surface area contributed by atoms with Gasteiger partial charge >= 0.3 is 0 Å². The number of methoxy groups -OCH3 is 1. The van der Waals surface area contributed by atoms with Crippen molar-refractivity contribution in [2.24, 2.45) is 0 Å². The molecule has 0 aliphatic carbocycles. The van der Waals surface area contributed by atoms with Gasteiger partial charge in [0.1, 0.15) is 24.2 Å². The highest BCUT2D eigenvalue weighted by atomic mass is 35.5. The van der Waals surface area contributed by atoms with Crippen LogP contribution in [0.4, 0.5) is 10.1 Å². The van der Waals surface area contributed by atoms with Gasteiger partial charge in [-0.2, -0.15) is 0 Å². The van der Waals surface area contributed by atoms with E-state index in [0.717, 1.165) is 16.4 Å². The Bertz CT molecular complexity index is 1440. The van der Waals surface area contributed by atoms with E-state index in [9.17, 15) is 22.4 Å². The molecule has 0 saturated carbocycles. The number of likely N-dealkylation sites (N-methyl/N-ethyl adjacent to an activating group) is 1. The van der Waals surface area contributed by atoms with Crippen LogP contribution in [-0.4, -0.2) is 51.4 Å². The van der Waals surface area contributed by atoms with Crippen LogP contribution in [0.3, 0.4) is 0 Å². The van der Waals surface area contributed by atoms with Gasteiger partial charge < -0.3 is 15.0 Å². The summed E-state index contributed by atoms with van der Waals surface area (Å²) in [6.45, 7) is 3.10. The maximum Gasteiger partial charge on any atom is 0.264 e. The van der Waals surface area contributed by atoms with Crippen LogP contribution in [0, 0.1) is 5.82 Å². The zero-order valence-electron chi connectivity index (χ0n) is 22.2. The van der Waals surface area contributed by atoms with Crippen LogP contribution in [-0.2, 0) is 26.2 Å². The topological polar surface area (TPSA) is 96.0 Å². The lowest BCUT2D eigenvalue weighted by atomic mass is 10.1. The van der Waals surface area contributed by atoms with E-state index in [0.29, 0.717) is 22.9 Å². The molecular formula is C28H30Cl2FN3O5S. The van der Waals surface area contributed by atoms with Gasteiger partial charge in [0.05, 0.1) is 17.7 Å². The minimum Gasteiger partial charge on any atom is -0.497 e. The Morgan fingerprint density at radius 2 is 1.65 bits per heavy atom. The predicted molar refractivity (Wildman–Crippen MR) is 154 cm³/mol. The van der Waals surface area contributed by atoms with E-state index in [2.05, 4.69) is 5.32 Å². The Balaban J connectivity index is 2.07. The molecule has 214 valence electrons. The van der Waals surface area contributed by atoms with Crippen molar-refractivity contribution < 1.29 is 27.1 Å². The van der Waals surface area contributed by atoms with E-state index in [4.69, 9.17) is 27.9 Å². The van der Waals surface area contributed by atoms with Gasteiger partial charge in [0, 0.05) is 23.1 Å². The SMILES string of the molecule is CCNC(=O)C(CC)N(Cc1ccc(Cl)cc1Cl)C(=O)CN(c1ccc(F)cc1)S(=O)(=O)c1ccc(OC)cc1. The van der Waals surface area contributed by atoms with Crippen molar-refractivity contribution in [1.29, 1.82) is 0 Å².